The quantitative estimate of drug-likeness (QED) is 0.826. The highest BCUT2D eigenvalue weighted by Crippen LogP contribution is 2.36. The van der Waals surface area contributed by atoms with E-state index >= 15 is 0 Å². The van der Waals surface area contributed by atoms with Crippen LogP contribution in [-0.2, 0) is 0 Å². The predicted octanol–water partition coefficient (Wildman–Crippen LogP) is 1.69. The molecular weight excluding hydrogens is 266 g/mol. The largest absolute Gasteiger partial charge is 0.350 e. The van der Waals surface area contributed by atoms with E-state index in [4.69, 9.17) is 11.6 Å². The number of H-pyrrole nitrogens is 1. The van der Waals surface area contributed by atoms with Gasteiger partial charge in [0.05, 0.1) is 0 Å². The molecule has 2 N–H and O–H groups in total. The Morgan fingerprint density at radius 2 is 2.11 bits per heavy atom. The summed E-state index contributed by atoms with van der Waals surface area (Å²) in [5.74, 6) is 0.290. The lowest BCUT2D eigenvalue weighted by Gasteiger charge is -2.35. The second kappa shape index (κ2) is 6.19. The normalized spacial score (nSPS) is 17.9. The van der Waals surface area contributed by atoms with Gasteiger partial charge in [-0.2, -0.15) is 5.10 Å². The molecule has 1 aliphatic rings. The summed E-state index contributed by atoms with van der Waals surface area (Å²) in [7, 11) is 0. The van der Waals surface area contributed by atoms with Crippen LogP contribution >= 0.6 is 11.6 Å². The average molecular weight is 284 g/mol. The van der Waals surface area contributed by atoms with Crippen molar-refractivity contribution in [2.45, 2.75) is 32.1 Å². The Morgan fingerprint density at radius 3 is 2.68 bits per heavy atom. The van der Waals surface area contributed by atoms with E-state index in [0.717, 1.165) is 12.8 Å². The maximum atomic E-state index is 11.9. The number of alkyl halides is 1. The molecule has 2 rings (SSSR count). The molecule has 19 heavy (non-hydrogen) atoms. The summed E-state index contributed by atoms with van der Waals surface area (Å²) in [6.45, 7) is 0.566. The summed E-state index contributed by atoms with van der Waals surface area (Å²) >= 11 is 6.07. The Balaban J connectivity index is 1.95. The molecule has 1 aromatic rings. The molecule has 0 radical (unpaired) electrons. The van der Waals surface area contributed by atoms with Gasteiger partial charge in [0, 0.05) is 23.9 Å². The SMILES string of the molecule is O=C(NCC1(CCl)CCCCC1)c1ccc(=O)[nH]n1. The first-order chi connectivity index (χ1) is 9.15. The van der Waals surface area contributed by atoms with Gasteiger partial charge >= 0.3 is 0 Å². The van der Waals surface area contributed by atoms with E-state index < -0.39 is 0 Å². The second-order valence-electron chi connectivity index (χ2n) is 5.18. The molecular formula is C13H18ClN3O2. The third kappa shape index (κ3) is 3.56. The van der Waals surface area contributed by atoms with E-state index in [-0.39, 0.29) is 22.6 Å². The molecule has 0 spiro atoms. The van der Waals surface area contributed by atoms with E-state index in [1.165, 1.54) is 31.4 Å². The molecule has 5 nitrogen and oxygen atoms in total. The lowest BCUT2D eigenvalue weighted by molar-refractivity contribution is 0.0915. The van der Waals surface area contributed by atoms with Crippen molar-refractivity contribution in [3.05, 3.63) is 28.2 Å². The first-order valence-corrected chi connectivity index (χ1v) is 7.09. The Bertz CT molecular complexity index is 474. The van der Waals surface area contributed by atoms with E-state index in [0.29, 0.717) is 12.4 Å². The number of rotatable bonds is 4. The van der Waals surface area contributed by atoms with Crippen molar-refractivity contribution in [2.75, 3.05) is 12.4 Å². The van der Waals surface area contributed by atoms with Crippen LogP contribution in [0.2, 0.25) is 0 Å². The van der Waals surface area contributed by atoms with Gasteiger partial charge in [-0.05, 0) is 18.9 Å². The van der Waals surface area contributed by atoms with Gasteiger partial charge in [-0.3, -0.25) is 9.59 Å². The van der Waals surface area contributed by atoms with Gasteiger partial charge in [0.15, 0.2) is 0 Å². The molecule has 1 aromatic heterocycles. The summed E-state index contributed by atoms with van der Waals surface area (Å²) in [4.78, 5) is 22.8. The average Bonchev–Trinajstić information content (AvgIpc) is 2.46. The molecule has 1 fully saturated rings. The van der Waals surface area contributed by atoms with Crippen LogP contribution in [-0.4, -0.2) is 28.5 Å². The van der Waals surface area contributed by atoms with Crippen LogP contribution < -0.4 is 10.9 Å². The Morgan fingerprint density at radius 1 is 1.37 bits per heavy atom. The summed E-state index contributed by atoms with van der Waals surface area (Å²) in [6, 6.07) is 2.71. The van der Waals surface area contributed by atoms with Crippen LogP contribution in [0.15, 0.2) is 16.9 Å². The van der Waals surface area contributed by atoms with Gasteiger partial charge in [0.2, 0.25) is 0 Å². The molecule has 6 heteroatoms. The molecule has 0 aromatic carbocycles. The van der Waals surface area contributed by atoms with Crippen molar-refractivity contribution in [2.24, 2.45) is 5.41 Å². The first-order valence-electron chi connectivity index (χ1n) is 6.55. The Labute approximate surface area is 116 Å². The van der Waals surface area contributed by atoms with Gasteiger partial charge < -0.3 is 5.32 Å². The summed E-state index contributed by atoms with van der Waals surface area (Å²) in [6.07, 6.45) is 5.68. The van der Waals surface area contributed by atoms with Crippen LogP contribution in [0.1, 0.15) is 42.6 Å². The van der Waals surface area contributed by atoms with Gasteiger partial charge in [-0.15, -0.1) is 11.6 Å². The van der Waals surface area contributed by atoms with Gasteiger partial charge in [-0.25, -0.2) is 5.10 Å². The second-order valence-corrected chi connectivity index (χ2v) is 5.45. The number of carbonyl (C=O) groups is 1. The van der Waals surface area contributed by atoms with Gasteiger partial charge in [0.1, 0.15) is 5.69 Å². The summed E-state index contributed by atoms with van der Waals surface area (Å²) < 4.78 is 0. The topological polar surface area (TPSA) is 74.8 Å². The highest BCUT2D eigenvalue weighted by Gasteiger charge is 2.31. The fraction of sp³-hybridized carbons (Fsp3) is 0.615. The number of nitrogens with one attached hydrogen (secondary N) is 2. The van der Waals surface area contributed by atoms with Crippen LogP contribution in [0.25, 0.3) is 0 Å². The lowest BCUT2D eigenvalue weighted by Crippen LogP contribution is -2.40. The van der Waals surface area contributed by atoms with Crippen molar-refractivity contribution < 1.29 is 4.79 Å². The van der Waals surface area contributed by atoms with Crippen LogP contribution in [0, 0.1) is 5.41 Å². The molecule has 0 atom stereocenters. The number of hydrogen-bond donors (Lipinski definition) is 2. The minimum atomic E-state index is -0.318. The number of halogens is 1. The molecule has 1 amide bonds. The smallest absolute Gasteiger partial charge is 0.271 e. The molecule has 0 saturated heterocycles. The fourth-order valence-corrected chi connectivity index (χ4v) is 2.85. The van der Waals surface area contributed by atoms with Gasteiger partial charge in [0.25, 0.3) is 11.5 Å². The van der Waals surface area contributed by atoms with Crippen molar-refractivity contribution in [3.63, 3.8) is 0 Å². The standard InChI is InChI=1S/C13H18ClN3O2/c14-8-13(6-2-1-3-7-13)9-15-12(19)10-4-5-11(18)17-16-10/h4-5H,1-3,6-9H2,(H,15,19)(H,17,18). The van der Waals surface area contributed by atoms with E-state index in [2.05, 4.69) is 15.5 Å². The number of carbonyl (C=O) groups excluding carboxylic acids is 1. The monoisotopic (exact) mass is 283 g/mol. The summed E-state index contributed by atoms with van der Waals surface area (Å²) in [5.41, 5.74) is -0.0846. The molecule has 1 saturated carbocycles. The van der Waals surface area contributed by atoms with E-state index in [9.17, 15) is 9.59 Å². The third-order valence-electron chi connectivity index (χ3n) is 3.73. The van der Waals surface area contributed by atoms with E-state index in [1.54, 1.807) is 0 Å². The van der Waals surface area contributed by atoms with Crippen molar-refractivity contribution in [3.8, 4) is 0 Å². The third-order valence-corrected chi connectivity index (χ3v) is 4.30. The molecule has 0 bridgehead atoms. The number of hydrogen-bond acceptors (Lipinski definition) is 3. The minimum absolute atomic E-state index is 0.0116. The predicted molar refractivity (Wildman–Crippen MR) is 73.4 cm³/mol. The Hall–Kier alpha value is -1.36. The molecule has 104 valence electrons. The number of amides is 1. The van der Waals surface area contributed by atoms with Crippen molar-refractivity contribution in [1.29, 1.82) is 0 Å². The number of nitrogens with zero attached hydrogens (tertiary/aromatic N) is 1. The highest BCUT2D eigenvalue weighted by molar-refractivity contribution is 6.18. The fourth-order valence-electron chi connectivity index (χ4n) is 2.49. The summed E-state index contributed by atoms with van der Waals surface area (Å²) in [5, 5.41) is 8.83. The highest BCUT2D eigenvalue weighted by atomic mass is 35.5. The maximum absolute atomic E-state index is 11.9. The zero-order chi connectivity index (χ0) is 13.7. The minimum Gasteiger partial charge on any atom is -0.350 e. The van der Waals surface area contributed by atoms with E-state index in [1.807, 2.05) is 0 Å². The van der Waals surface area contributed by atoms with Crippen LogP contribution in [0.4, 0.5) is 0 Å². The first kappa shape index (κ1) is 14.1. The lowest BCUT2D eigenvalue weighted by atomic mass is 9.75. The maximum Gasteiger partial charge on any atom is 0.271 e. The molecule has 0 unspecified atom stereocenters. The van der Waals surface area contributed by atoms with Crippen LogP contribution in [0.5, 0.6) is 0 Å². The van der Waals surface area contributed by atoms with Crippen molar-refractivity contribution >= 4 is 17.5 Å². The van der Waals surface area contributed by atoms with Gasteiger partial charge in [-0.1, -0.05) is 19.3 Å². The zero-order valence-electron chi connectivity index (χ0n) is 10.7. The zero-order valence-corrected chi connectivity index (χ0v) is 11.5. The van der Waals surface area contributed by atoms with Crippen LogP contribution in [0.3, 0.4) is 0 Å². The Kier molecular flexibility index (Phi) is 4.58. The molecule has 1 heterocycles. The number of aromatic amines is 1. The van der Waals surface area contributed by atoms with Crippen molar-refractivity contribution in [1.82, 2.24) is 15.5 Å². The number of aromatic nitrogens is 2. The molecule has 0 aliphatic heterocycles. The molecule has 1 aliphatic carbocycles.